The molecule has 0 saturated heterocycles. The van der Waals surface area contributed by atoms with Crippen molar-refractivity contribution in [1.82, 2.24) is 9.88 Å². The maximum absolute atomic E-state index is 13.7. The monoisotopic (exact) mass is 319 g/mol. The van der Waals surface area contributed by atoms with E-state index < -0.39 is 5.82 Å². The fourth-order valence-electron chi connectivity index (χ4n) is 2.22. The first-order valence-corrected chi connectivity index (χ1v) is 7.13. The lowest BCUT2D eigenvalue weighted by Crippen LogP contribution is -2.26. The summed E-state index contributed by atoms with van der Waals surface area (Å²) < 4.78 is 15.3. The molecule has 0 unspecified atom stereocenters. The molecule has 0 bridgehead atoms. The van der Waals surface area contributed by atoms with Gasteiger partial charge in [0.05, 0.1) is 6.04 Å². The zero-order valence-electron chi connectivity index (χ0n) is 12.2. The van der Waals surface area contributed by atoms with Crippen LogP contribution in [0.3, 0.4) is 0 Å². The van der Waals surface area contributed by atoms with E-state index >= 15 is 0 Å². The smallest absolute Gasteiger partial charge is 0.289 e. The zero-order valence-corrected chi connectivity index (χ0v) is 13.0. The molecule has 0 aliphatic carbocycles. The minimum atomic E-state index is -0.464. The van der Waals surface area contributed by atoms with Crippen LogP contribution < -0.4 is 5.32 Å². The van der Waals surface area contributed by atoms with Gasteiger partial charge in [-0.1, -0.05) is 24.2 Å². The lowest BCUT2D eigenvalue weighted by Gasteiger charge is -2.12. The van der Waals surface area contributed by atoms with Crippen LogP contribution in [0.15, 0.2) is 30.3 Å². The fourth-order valence-corrected chi connectivity index (χ4v) is 2.45. The van der Waals surface area contributed by atoms with E-state index in [1.54, 1.807) is 22.8 Å². The minimum Gasteiger partial charge on any atom is -0.364 e. The van der Waals surface area contributed by atoms with Gasteiger partial charge < -0.3 is 10.2 Å². The predicted octanol–water partition coefficient (Wildman–Crippen LogP) is 4.34. The first-order valence-electron chi connectivity index (χ1n) is 6.75. The second-order valence-corrected chi connectivity index (χ2v) is 5.44. The summed E-state index contributed by atoms with van der Waals surface area (Å²) in [6, 6.07) is 7.52. The molecule has 1 aromatic carbocycles. The molecule has 0 saturated carbocycles. The van der Waals surface area contributed by atoms with Crippen LogP contribution in [0.2, 0.25) is 5.02 Å². The summed E-state index contributed by atoms with van der Waals surface area (Å²) in [5.74, 6) is -0.444. The Kier molecular flexibility index (Phi) is 4.84. The van der Waals surface area contributed by atoms with Crippen molar-refractivity contribution >= 4 is 23.3 Å². The number of benzene rings is 1. The van der Waals surface area contributed by atoms with E-state index in [9.17, 15) is 9.18 Å². The first kappa shape index (κ1) is 16.1. The van der Waals surface area contributed by atoms with Crippen LogP contribution in [0.5, 0.6) is 0 Å². The van der Waals surface area contributed by atoms with Gasteiger partial charge in [0.25, 0.3) is 5.91 Å². The third kappa shape index (κ3) is 3.12. The Balaban J connectivity index is 2.21. The number of hydrogen-bond donors (Lipinski definition) is 1. The third-order valence-electron chi connectivity index (χ3n) is 3.25. The zero-order chi connectivity index (χ0) is 16.3. The Hall–Kier alpha value is -2.32. The van der Waals surface area contributed by atoms with Gasteiger partial charge in [0, 0.05) is 17.1 Å². The summed E-state index contributed by atoms with van der Waals surface area (Å²) in [5.41, 5.74) is 0.610. The Morgan fingerprint density at radius 3 is 2.73 bits per heavy atom. The van der Waals surface area contributed by atoms with Gasteiger partial charge in [-0.25, -0.2) is 4.39 Å². The van der Waals surface area contributed by atoms with Crippen LogP contribution in [0, 0.1) is 12.4 Å². The second-order valence-electron chi connectivity index (χ2n) is 5.04. The maximum Gasteiger partial charge on any atom is 0.289 e. The summed E-state index contributed by atoms with van der Waals surface area (Å²) >= 11 is 5.93. The van der Waals surface area contributed by atoms with E-state index in [1.807, 2.05) is 13.8 Å². The number of aromatic nitrogens is 1. The summed E-state index contributed by atoms with van der Waals surface area (Å²) in [6.07, 6.45) is 0. The molecule has 0 aliphatic heterocycles. The summed E-state index contributed by atoms with van der Waals surface area (Å²) in [7, 11) is 0. The molecule has 6 heteroatoms. The van der Waals surface area contributed by atoms with Crippen molar-refractivity contribution in [2.45, 2.75) is 26.4 Å². The van der Waals surface area contributed by atoms with Crippen molar-refractivity contribution in [2.75, 3.05) is 0 Å². The second kappa shape index (κ2) is 6.63. The molecule has 0 spiro atoms. The Morgan fingerprint density at radius 2 is 2.14 bits per heavy atom. The van der Waals surface area contributed by atoms with Crippen LogP contribution in [-0.4, -0.2) is 10.5 Å². The maximum atomic E-state index is 13.7. The summed E-state index contributed by atoms with van der Waals surface area (Å²) in [5, 5.41) is 2.91. The average Bonchev–Trinajstić information content (AvgIpc) is 2.90. The Labute approximate surface area is 133 Å². The van der Waals surface area contributed by atoms with Crippen LogP contribution in [0.4, 0.5) is 10.2 Å². The van der Waals surface area contributed by atoms with Crippen molar-refractivity contribution in [2.24, 2.45) is 0 Å². The highest BCUT2D eigenvalue weighted by atomic mass is 35.5. The highest BCUT2D eigenvalue weighted by Gasteiger charge is 2.20. The molecule has 4 nitrogen and oxygen atoms in total. The normalized spacial score (nSPS) is 10.5. The van der Waals surface area contributed by atoms with E-state index in [0.717, 1.165) is 0 Å². The van der Waals surface area contributed by atoms with Gasteiger partial charge in [0.2, 0.25) is 5.82 Å². The SMILES string of the molecule is [C-]#[N+]c1ccc(C(=O)NCc2c(F)cccc2Cl)n1C(C)C. The Morgan fingerprint density at radius 1 is 1.41 bits per heavy atom. The highest BCUT2D eigenvalue weighted by molar-refractivity contribution is 6.31. The van der Waals surface area contributed by atoms with Gasteiger partial charge in [0.1, 0.15) is 5.82 Å². The number of amides is 1. The molecule has 22 heavy (non-hydrogen) atoms. The molecular weight excluding hydrogens is 305 g/mol. The largest absolute Gasteiger partial charge is 0.364 e. The number of nitrogens with one attached hydrogen (secondary N) is 1. The van der Waals surface area contributed by atoms with Crippen LogP contribution in [-0.2, 0) is 6.54 Å². The molecule has 1 heterocycles. The van der Waals surface area contributed by atoms with Crippen LogP contribution in [0.25, 0.3) is 4.85 Å². The van der Waals surface area contributed by atoms with E-state index in [2.05, 4.69) is 10.2 Å². The lowest BCUT2D eigenvalue weighted by molar-refractivity contribution is 0.0940. The Bertz CT molecular complexity index is 726. The van der Waals surface area contributed by atoms with Gasteiger partial charge in [-0.15, -0.1) is 0 Å². The molecule has 2 aromatic rings. The molecule has 0 atom stereocenters. The van der Waals surface area contributed by atoms with Gasteiger partial charge in [-0.2, -0.15) is 0 Å². The first-order chi connectivity index (χ1) is 10.5. The molecule has 1 aromatic heterocycles. The average molecular weight is 320 g/mol. The highest BCUT2D eigenvalue weighted by Crippen LogP contribution is 2.24. The van der Waals surface area contributed by atoms with E-state index in [-0.39, 0.29) is 29.1 Å². The van der Waals surface area contributed by atoms with E-state index in [0.29, 0.717) is 11.5 Å². The topological polar surface area (TPSA) is 38.4 Å². The molecule has 114 valence electrons. The number of nitrogens with zero attached hydrogens (tertiary/aromatic N) is 2. The van der Waals surface area contributed by atoms with Gasteiger partial charge in [0.15, 0.2) is 5.69 Å². The summed E-state index contributed by atoms with van der Waals surface area (Å²) in [6.45, 7) is 10.9. The van der Waals surface area contributed by atoms with E-state index in [4.69, 9.17) is 18.2 Å². The van der Waals surface area contributed by atoms with Crippen molar-refractivity contribution < 1.29 is 9.18 Å². The minimum absolute atomic E-state index is 0.0129. The molecule has 1 N–H and O–H groups in total. The van der Waals surface area contributed by atoms with Gasteiger partial charge in [-0.3, -0.25) is 9.36 Å². The molecule has 2 rings (SSSR count). The van der Waals surface area contributed by atoms with Gasteiger partial charge in [-0.05, 0) is 38.1 Å². The lowest BCUT2D eigenvalue weighted by atomic mass is 10.2. The summed E-state index contributed by atoms with van der Waals surface area (Å²) in [4.78, 5) is 15.7. The third-order valence-corrected chi connectivity index (χ3v) is 3.60. The molecular formula is C16H15ClFN3O. The van der Waals surface area contributed by atoms with E-state index in [1.165, 1.54) is 12.1 Å². The molecule has 0 radical (unpaired) electrons. The van der Waals surface area contributed by atoms with Crippen LogP contribution >= 0.6 is 11.6 Å². The van der Waals surface area contributed by atoms with Crippen molar-refractivity contribution in [3.63, 3.8) is 0 Å². The fraction of sp³-hybridized carbons (Fsp3) is 0.250. The predicted molar refractivity (Wildman–Crippen MR) is 83.7 cm³/mol. The van der Waals surface area contributed by atoms with Crippen molar-refractivity contribution in [3.8, 4) is 0 Å². The molecule has 0 fully saturated rings. The number of carbonyl (C=O) groups is 1. The molecule has 0 aliphatic rings. The number of carbonyl (C=O) groups excluding carboxylic acids is 1. The number of rotatable bonds is 4. The van der Waals surface area contributed by atoms with Gasteiger partial charge >= 0.3 is 0 Å². The number of hydrogen-bond acceptors (Lipinski definition) is 1. The van der Waals surface area contributed by atoms with Crippen molar-refractivity contribution in [3.05, 3.63) is 63.8 Å². The number of halogens is 2. The standard InChI is InChI=1S/C16H15ClFN3O/c1-10(2)21-14(7-8-15(21)19-3)16(22)20-9-11-12(17)5-4-6-13(11)18/h4-8,10H,9H2,1-2H3,(H,20,22). The molecule has 1 amide bonds. The quantitative estimate of drug-likeness (QED) is 0.836. The van der Waals surface area contributed by atoms with Crippen molar-refractivity contribution in [1.29, 1.82) is 0 Å². The van der Waals surface area contributed by atoms with Crippen LogP contribution in [0.1, 0.15) is 35.9 Å².